The molecule has 180 valence electrons. The smallest absolute Gasteiger partial charge is 0.244 e. The highest BCUT2D eigenvalue weighted by Crippen LogP contribution is 2.21. The lowest BCUT2D eigenvalue weighted by molar-refractivity contribution is -0.140. The minimum atomic E-state index is -3.75. The maximum Gasteiger partial charge on any atom is 0.244 e. The third-order valence-electron chi connectivity index (χ3n) is 4.70. The van der Waals surface area contributed by atoms with Crippen molar-refractivity contribution >= 4 is 61.7 Å². The summed E-state index contributed by atoms with van der Waals surface area (Å²) in [5.41, 5.74) is 0.614. The third kappa shape index (κ3) is 8.46. The first-order valence-electron chi connectivity index (χ1n) is 10.3. The minimum Gasteiger partial charge on any atom is -0.350 e. The van der Waals surface area contributed by atoms with Crippen LogP contribution in [-0.2, 0) is 26.2 Å². The van der Waals surface area contributed by atoms with Gasteiger partial charge in [0, 0.05) is 20.7 Å². The Bertz CT molecular complexity index is 1100. The Hall–Kier alpha value is -1.85. The summed E-state index contributed by atoms with van der Waals surface area (Å²) >= 11 is 8.22. The van der Waals surface area contributed by atoms with E-state index >= 15 is 0 Å². The van der Waals surface area contributed by atoms with Crippen molar-refractivity contribution in [3.63, 3.8) is 0 Å². The molecule has 2 rings (SSSR count). The first-order chi connectivity index (χ1) is 15.2. The molecule has 0 aliphatic heterocycles. The number of sulfonamides is 1. The van der Waals surface area contributed by atoms with Crippen molar-refractivity contribution < 1.29 is 18.0 Å². The van der Waals surface area contributed by atoms with E-state index in [9.17, 15) is 18.0 Å². The molecule has 2 amide bonds. The number of benzene rings is 2. The van der Waals surface area contributed by atoms with Crippen molar-refractivity contribution in [3.8, 4) is 0 Å². The standard InChI is InChI=1S/C23H29ClIN3O4S/c1-16(22(30)26-23(2,3)4)27(14-17-7-6-8-18(24)13-17)21(29)15-28(33(5,31)32)20-11-9-19(25)10-12-20/h6-13,16H,14-15H2,1-5H3,(H,26,30). The van der Waals surface area contributed by atoms with Gasteiger partial charge in [0.1, 0.15) is 12.6 Å². The predicted molar refractivity (Wildman–Crippen MR) is 141 cm³/mol. The van der Waals surface area contributed by atoms with Gasteiger partial charge in [0.05, 0.1) is 11.9 Å². The third-order valence-corrected chi connectivity index (χ3v) is 6.80. The molecule has 7 nitrogen and oxygen atoms in total. The van der Waals surface area contributed by atoms with E-state index in [0.29, 0.717) is 10.7 Å². The van der Waals surface area contributed by atoms with E-state index in [4.69, 9.17) is 11.6 Å². The summed E-state index contributed by atoms with van der Waals surface area (Å²) in [4.78, 5) is 27.7. The van der Waals surface area contributed by atoms with Crippen LogP contribution in [0.1, 0.15) is 33.3 Å². The lowest BCUT2D eigenvalue weighted by Gasteiger charge is -2.33. The van der Waals surface area contributed by atoms with Crippen molar-refractivity contribution in [3.05, 3.63) is 62.7 Å². The van der Waals surface area contributed by atoms with E-state index in [2.05, 4.69) is 27.9 Å². The Kier molecular flexibility index (Phi) is 9.17. The Balaban J connectivity index is 2.39. The minimum absolute atomic E-state index is 0.0996. The van der Waals surface area contributed by atoms with E-state index < -0.39 is 34.1 Å². The lowest BCUT2D eigenvalue weighted by Crippen LogP contribution is -2.54. The fourth-order valence-corrected chi connectivity index (χ4v) is 4.53. The van der Waals surface area contributed by atoms with Crippen LogP contribution in [0.15, 0.2) is 48.5 Å². The van der Waals surface area contributed by atoms with Gasteiger partial charge in [0.2, 0.25) is 21.8 Å². The van der Waals surface area contributed by atoms with Gasteiger partial charge in [-0.05, 0) is 92.2 Å². The molecule has 0 radical (unpaired) electrons. The van der Waals surface area contributed by atoms with Gasteiger partial charge in [-0.1, -0.05) is 23.7 Å². The van der Waals surface area contributed by atoms with Crippen LogP contribution in [0, 0.1) is 3.57 Å². The van der Waals surface area contributed by atoms with Crippen LogP contribution in [0.3, 0.4) is 0 Å². The van der Waals surface area contributed by atoms with E-state index in [-0.39, 0.29) is 12.5 Å². The molecule has 0 saturated heterocycles. The fourth-order valence-electron chi connectivity index (χ4n) is 3.11. The molecule has 0 spiro atoms. The molecular formula is C23H29ClIN3O4S. The summed E-state index contributed by atoms with van der Waals surface area (Å²) in [5, 5.41) is 3.38. The van der Waals surface area contributed by atoms with Crippen molar-refractivity contribution in [2.24, 2.45) is 0 Å². The molecule has 10 heteroatoms. The number of anilines is 1. The highest BCUT2D eigenvalue weighted by molar-refractivity contribution is 14.1. The first-order valence-corrected chi connectivity index (χ1v) is 13.6. The molecule has 0 aromatic heterocycles. The van der Waals surface area contributed by atoms with Gasteiger partial charge in [-0.2, -0.15) is 0 Å². The predicted octanol–water partition coefficient (Wildman–Crippen LogP) is 4.04. The molecule has 0 fully saturated rings. The quantitative estimate of drug-likeness (QED) is 0.460. The molecule has 1 atom stereocenters. The molecule has 0 saturated carbocycles. The first kappa shape index (κ1) is 27.4. The number of hydrogen-bond acceptors (Lipinski definition) is 4. The maximum absolute atomic E-state index is 13.4. The van der Waals surface area contributed by atoms with E-state index in [1.54, 1.807) is 55.5 Å². The van der Waals surface area contributed by atoms with Crippen LogP contribution in [0.4, 0.5) is 5.69 Å². The van der Waals surface area contributed by atoms with Crippen molar-refractivity contribution in [1.29, 1.82) is 0 Å². The second-order valence-corrected chi connectivity index (χ2v) is 12.4. The largest absolute Gasteiger partial charge is 0.350 e. The number of nitrogens with zero attached hydrogens (tertiary/aromatic N) is 2. The van der Waals surface area contributed by atoms with E-state index in [0.717, 1.165) is 19.7 Å². The van der Waals surface area contributed by atoms with Crippen LogP contribution in [0.25, 0.3) is 0 Å². The SMILES string of the molecule is CC(C(=O)NC(C)(C)C)N(Cc1cccc(Cl)c1)C(=O)CN(c1ccc(I)cc1)S(C)(=O)=O. The average Bonchev–Trinajstić information content (AvgIpc) is 2.68. The molecule has 0 bridgehead atoms. The van der Waals surface area contributed by atoms with Gasteiger partial charge >= 0.3 is 0 Å². The van der Waals surface area contributed by atoms with Gasteiger partial charge in [-0.25, -0.2) is 8.42 Å². The number of amides is 2. The van der Waals surface area contributed by atoms with Crippen molar-refractivity contribution in [2.75, 3.05) is 17.1 Å². The zero-order valence-corrected chi connectivity index (χ0v) is 23.0. The second kappa shape index (κ2) is 11.1. The Labute approximate surface area is 214 Å². The van der Waals surface area contributed by atoms with Crippen LogP contribution in [0.5, 0.6) is 0 Å². The molecule has 0 heterocycles. The van der Waals surface area contributed by atoms with E-state index in [1.807, 2.05) is 20.8 Å². The molecule has 33 heavy (non-hydrogen) atoms. The van der Waals surface area contributed by atoms with Gasteiger partial charge in [-0.15, -0.1) is 0 Å². The van der Waals surface area contributed by atoms with Gasteiger partial charge in [0.15, 0.2) is 0 Å². The molecular weight excluding hydrogens is 577 g/mol. The van der Waals surface area contributed by atoms with Gasteiger partial charge in [0.25, 0.3) is 0 Å². The summed E-state index contributed by atoms with van der Waals surface area (Å²) in [6, 6.07) is 13.0. The van der Waals surface area contributed by atoms with Crippen LogP contribution in [-0.4, -0.2) is 49.5 Å². The normalized spacial score (nSPS) is 12.7. The molecule has 2 aromatic rings. The second-order valence-electron chi connectivity index (χ2n) is 8.81. The molecule has 1 N–H and O–H groups in total. The molecule has 1 unspecified atom stereocenters. The fraction of sp³-hybridized carbons (Fsp3) is 0.391. The van der Waals surface area contributed by atoms with Crippen molar-refractivity contribution in [2.45, 2.75) is 45.8 Å². The average molecular weight is 606 g/mol. The van der Waals surface area contributed by atoms with Crippen LogP contribution >= 0.6 is 34.2 Å². The van der Waals surface area contributed by atoms with Crippen molar-refractivity contribution in [1.82, 2.24) is 10.2 Å². The number of nitrogens with one attached hydrogen (secondary N) is 1. The summed E-state index contributed by atoms with van der Waals surface area (Å²) in [6.45, 7) is 6.84. The summed E-state index contributed by atoms with van der Waals surface area (Å²) in [7, 11) is -3.75. The monoisotopic (exact) mass is 605 g/mol. The van der Waals surface area contributed by atoms with Gasteiger partial charge in [-0.3, -0.25) is 13.9 Å². The van der Waals surface area contributed by atoms with E-state index in [1.165, 1.54) is 4.90 Å². The number of hydrogen-bond donors (Lipinski definition) is 1. The Morgan fingerprint density at radius 1 is 1.12 bits per heavy atom. The summed E-state index contributed by atoms with van der Waals surface area (Å²) < 4.78 is 27.0. The van der Waals surface area contributed by atoms with Gasteiger partial charge < -0.3 is 10.2 Å². The number of rotatable bonds is 8. The molecule has 0 aliphatic carbocycles. The van der Waals surface area contributed by atoms with Crippen LogP contribution in [0.2, 0.25) is 5.02 Å². The topological polar surface area (TPSA) is 86.8 Å². The molecule has 0 aliphatic rings. The lowest BCUT2D eigenvalue weighted by atomic mass is 10.1. The number of halogens is 2. The Morgan fingerprint density at radius 2 is 1.73 bits per heavy atom. The van der Waals surface area contributed by atoms with Crippen LogP contribution < -0.4 is 9.62 Å². The molecule has 2 aromatic carbocycles. The number of carbonyl (C=O) groups excluding carboxylic acids is 2. The summed E-state index contributed by atoms with van der Waals surface area (Å²) in [6.07, 6.45) is 1.05. The zero-order chi connectivity index (χ0) is 25.0. The summed E-state index contributed by atoms with van der Waals surface area (Å²) in [5.74, 6) is -0.839. The maximum atomic E-state index is 13.4. The Morgan fingerprint density at radius 3 is 2.24 bits per heavy atom. The number of carbonyl (C=O) groups is 2. The highest BCUT2D eigenvalue weighted by Gasteiger charge is 2.31. The zero-order valence-electron chi connectivity index (χ0n) is 19.3. The highest BCUT2D eigenvalue weighted by atomic mass is 127.